The fourth-order valence-corrected chi connectivity index (χ4v) is 1.18. The summed E-state index contributed by atoms with van der Waals surface area (Å²) in [6.07, 6.45) is 2.98. The molecule has 0 amide bonds. The summed E-state index contributed by atoms with van der Waals surface area (Å²) in [5.41, 5.74) is 0.701. The highest BCUT2D eigenvalue weighted by Crippen LogP contribution is 2.10. The molecule has 70 valence electrons. The summed E-state index contributed by atoms with van der Waals surface area (Å²) < 4.78 is 4.61. The average Bonchev–Trinajstić information content (AvgIpc) is 2.12. The van der Waals surface area contributed by atoms with E-state index in [1.807, 2.05) is 6.08 Å². The van der Waals surface area contributed by atoms with Crippen molar-refractivity contribution in [3.05, 3.63) is 11.6 Å². The van der Waals surface area contributed by atoms with Gasteiger partial charge in [-0.15, -0.1) is 0 Å². The van der Waals surface area contributed by atoms with E-state index < -0.39 is 0 Å². The highest BCUT2D eigenvalue weighted by molar-refractivity contribution is 9.09. The monoisotopic (exact) mass is 234 g/mol. The van der Waals surface area contributed by atoms with Crippen LogP contribution in [0.5, 0.6) is 0 Å². The molecule has 0 bridgehead atoms. The van der Waals surface area contributed by atoms with Gasteiger partial charge in [0.1, 0.15) is 0 Å². The van der Waals surface area contributed by atoms with Crippen LogP contribution in [0.1, 0.15) is 20.3 Å². The predicted molar refractivity (Wildman–Crippen MR) is 53.3 cm³/mol. The Morgan fingerprint density at radius 2 is 2.25 bits per heavy atom. The summed E-state index contributed by atoms with van der Waals surface area (Å²) in [5, 5.41) is 0.560. The Balaban J connectivity index is 4.32. The molecule has 0 fully saturated rings. The fourth-order valence-electron chi connectivity index (χ4n) is 0.760. The van der Waals surface area contributed by atoms with Crippen LogP contribution < -0.4 is 0 Å². The third-order valence-corrected chi connectivity index (χ3v) is 2.33. The molecule has 0 aliphatic carbocycles. The van der Waals surface area contributed by atoms with Gasteiger partial charge in [-0.25, -0.2) is 4.79 Å². The van der Waals surface area contributed by atoms with Crippen LogP contribution in [-0.4, -0.2) is 18.4 Å². The Kier molecular flexibility index (Phi) is 6.07. The van der Waals surface area contributed by atoms with Crippen molar-refractivity contribution >= 4 is 21.9 Å². The van der Waals surface area contributed by atoms with Crippen LogP contribution in [0, 0.1) is 5.92 Å². The fraction of sp³-hybridized carbons (Fsp3) is 0.667. The lowest BCUT2D eigenvalue weighted by atomic mass is 10.1. The standard InChI is InChI=1S/C9H15BrO2/c1-4-7(2)5-8(6-10)9(11)12-3/h5,7H,4,6H2,1-3H3/b8-5+. The molecule has 0 aliphatic rings. The minimum Gasteiger partial charge on any atom is -0.466 e. The largest absolute Gasteiger partial charge is 0.466 e. The third kappa shape index (κ3) is 3.90. The zero-order valence-electron chi connectivity index (χ0n) is 7.76. The summed E-state index contributed by atoms with van der Waals surface area (Å²) in [5.74, 6) is 0.184. The molecular formula is C9H15BrO2. The van der Waals surface area contributed by atoms with Gasteiger partial charge in [-0.3, -0.25) is 0 Å². The van der Waals surface area contributed by atoms with E-state index >= 15 is 0 Å². The number of allylic oxidation sites excluding steroid dienone is 1. The Hall–Kier alpha value is -0.310. The maximum atomic E-state index is 11.1. The van der Waals surface area contributed by atoms with Gasteiger partial charge in [0.2, 0.25) is 0 Å². The van der Waals surface area contributed by atoms with Gasteiger partial charge in [0, 0.05) is 10.9 Å². The van der Waals surface area contributed by atoms with Crippen molar-refractivity contribution in [2.75, 3.05) is 12.4 Å². The quantitative estimate of drug-likeness (QED) is 0.425. The second-order valence-electron chi connectivity index (χ2n) is 2.70. The van der Waals surface area contributed by atoms with E-state index in [-0.39, 0.29) is 5.97 Å². The molecule has 12 heavy (non-hydrogen) atoms. The Bertz CT molecular complexity index is 175. The van der Waals surface area contributed by atoms with Gasteiger partial charge in [0.15, 0.2) is 0 Å². The average molecular weight is 235 g/mol. The minimum atomic E-state index is -0.243. The Morgan fingerprint density at radius 3 is 2.58 bits per heavy atom. The lowest BCUT2D eigenvalue weighted by Crippen LogP contribution is -2.07. The third-order valence-electron chi connectivity index (χ3n) is 1.72. The molecule has 0 aromatic heterocycles. The molecule has 0 aliphatic heterocycles. The van der Waals surface area contributed by atoms with E-state index in [0.717, 1.165) is 6.42 Å². The molecule has 0 saturated carbocycles. The molecule has 0 aromatic carbocycles. The van der Waals surface area contributed by atoms with Crippen LogP contribution >= 0.6 is 15.9 Å². The number of hydrogen-bond donors (Lipinski definition) is 0. The number of halogens is 1. The summed E-state index contributed by atoms with van der Waals surface area (Å²) in [4.78, 5) is 11.1. The number of alkyl halides is 1. The number of methoxy groups -OCH3 is 1. The second kappa shape index (κ2) is 6.23. The molecule has 1 unspecified atom stereocenters. The highest BCUT2D eigenvalue weighted by atomic mass is 79.9. The summed E-state index contributed by atoms with van der Waals surface area (Å²) in [6, 6.07) is 0. The van der Waals surface area contributed by atoms with Crippen LogP contribution in [0.2, 0.25) is 0 Å². The lowest BCUT2D eigenvalue weighted by Gasteiger charge is -2.05. The van der Waals surface area contributed by atoms with Crippen LogP contribution in [-0.2, 0) is 9.53 Å². The van der Waals surface area contributed by atoms with E-state index in [0.29, 0.717) is 16.8 Å². The van der Waals surface area contributed by atoms with Gasteiger partial charge >= 0.3 is 5.97 Å². The maximum absolute atomic E-state index is 11.1. The van der Waals surface area contributed by atoms with E-state index in [1.165, 1.54) is 7.11 Å². The Morgan fingerprint density at radius 1 is 1.67 bits per heavy atom. The zero-order chi connectivity index (χ0) is 9.56. The van der Waals surface area contributed by atoms with Crippen LogP contribution in [0.4, 0.5) is 0 Å². The number of esters is 1. The smallest absolute Gasteiger partial charge is 0.334 e. The topological polar surface area (TPSA) is 26.3 Å². The van der Waals surface area contributed by atoms with Crippen molar-refractivity contribution in [3.8, 4) is 0 Å². The molecule has 1 atom stereocenters. The lowest BCUT2D eigenvalue weighted by molar-refractivity contribution is -0.136. The molecule has 0 N–H and O–H groups in total. The van der Waals surface area contributed by atoms with Gasteiger partial charge in [0.25, 0.3) is 0 Å². The molecule has 0 radical (unpaired) electrons. The first-order valence-electron chi connectivity index (χ1n) is 4.00. The summed E-state index contributed by atoms with van der Waals surface area (Å²) in [7, 11) is 1.40. The normalized spacial score (nSPS) is 14.2. The number of ether oxygens (including phenoxy) is 1. The predicted octanol–water partition coefficient (Wildman–Crippen LogP) is 2.53. The van der Waals surface area contributed by atoms with E-state index in [4.69, 9.17) is 0 Å². The molecule has 3 heteroatoms. The summed E-state index contributed by atoms with van der Waals surface area (Å²) >= 11 is 3.25. The zero-order valence-corrected chi connectivity index (χ0v) is 9.35. The highest BCUT2D eigenvalue weighted by Gasteiger charge is 2.08. The van der Waals surface area contributed by atoms with Crippen molar-refractivity contribution in [2.24, 2.45) is 5.92 Å². The van der Waals surface area contributed by atoms with Gasteiger partial charge in [0.05, 0.1) is 7.11 Å². The maximum Gasteiger partial charge on any atom is 0.334 e. The molecule has 0 heterocycles. The van der Waals surface area contributed by atoms with Crippen LogP contribution in [0.25, 0.3) is 0 Å². The Labute approximate surface area is 82.1 Å². The molecule has 0 rings (SSSR count). The molecule has 0 aromatic rings. The first-order chi connectivity index (χ1) is 5.65. The molecule has 0 spiro atoms. The van der Waals surface area contributed by atoms with E-state index in [2.05, 4.69) is 34.5 Å². The van der Waals surface area contributed by atoms with E-state index in [1.54, 1.807) is 0 Å². The van der Waals surface area contributed by atoms with Crippen molar-refractivity contribution in [1.29, 1.82) is 0 Å². The van der Waals surface area contributed by atoms with Gasteiger partial charge in [-0.2, -0.15) is 0 Å². The molecule has 0 saturated heterocycles. The number of carbonyl (C=O) groups is 1. The second-order valence-corrected chi connectivity index (χ2v) is 3.26. The van der Waals surface area contributed by atoms with Crippen molar-refractivity contribution < 1.29 is 9.53 Å². The molecular weight excluding hydrogens is 220 g/mol. The van der Waals surface area contributed by atoms with Crippen molar-refractivity contribution in [1.82, 2.24) is 0 Å². The number of carbonyl (C=O) groups excluding carboxylic acids is 1. The van der Waals surface area contributed by atoms with Crippen LogP contribution in [0.15, 0.2) is 11.6 Å². The first-order valence-corrected chi connectivity index (χ1v) is 5.12. The number of rotatable bonds is 4. The van der Waals surface area contributed by atoms with Crippen molar-refractivity contribution in [2.45, 2.75) is 20.3 Å². The van der Waals surface area contributed by atoms with Crippen molar-refractivity contribution in [3.63, 3.8) is 0 Å². The van der Waals surface area contributed by atoms with Gasteiger partial charge in [-0.1, -0.05) is 42.3 Å². The SMILES string of the molecule is CCC(C)/C=C(\CBr)C(=O)OC. The first kappa shape index (κ1) is 11.7. The van der Waals surface area contributed by atoms with Gasteiger partial charge in [-0.05, 0) is 5.92 Å². The number of hydrogen-bond acceptors (Lipinski definition) is 2. The van der Waals surface area contributed by atoms with Gasteiger partial charge < -0.3 is 4.74 Å². The van der Waals surface area contributed by atoms with E-state index in [9.17, 15) is 4.79 Å². The molecule has 2 nitrogen and oxygen atoms in total. The van der Waals surface area contributed by atoms with Crippen LogP contribution in [0.3, 0.4) is 0 Å². The summed E-state index contributed by atoms with van der Waals surface area (Å²) in [6.45, 7) is 4.16. The minimum absolute atomic E-state index is 0.243.